The van der Waals surface area contributed by atoms with Gasteiger partial charge >= 0.3 is 0 Å². The molecule has 0 saturated heterocycles. The predicted molar refractivity (Wildman–Crippen MR) is 122 cm³/mol. The number of carbonyl (C=O) groups excluding carboxylic acids is 1. The molecule has 0 fully saturated rings. The molecule has 0 aliphatic heterocycles. The highest BCUT2D eigenvalue weighted by Crippen LogP contribution is 2.28. The fourth-order valence-corrected chi connectivity index (χ4v) is 3.51. The molecule has 0 radical (unpaired) electrons. The molecule has 4 rings (SSSR count). The second kappa shape index (κ2) is 8.31. The van der Waals surface area contributed by atoms with Crippen LogP contribution in [0.3, 0.4) is 0 Å². The van der Waals surface area contributed by atoms with Crippen LogP contribution in [0.2, 0.25) is 0 Å². The Hall–Kier alpha value is -3.14. The zero-order valence-corrected chi connectivity index (χ0v) is 18.8. The minimum Gasteiger partial charge on any atom is -0.414 e. The summed E-state index contributed by atoms with van der Waals surface area (Å²) in [5.74, 6) is 0.704. The summed E-state index contributed by atoms with van der Waals surface area (Å²) in [4.78, 5) is 22.8. The summed E-state index contributed by atoms with van der Waals surface area (Å²) in [5.41, 5.74) is 4.22. The lowest BCUT2D eigenvalue weighted by molar-refractivity contribution is 0.0827. The lowest BCUT2D eigenvalue weighted by Gasteiger charge is -2.10. The zero-order chi connectivity index (χ0) is 21.3. The van der Waals surface area contributed by atoms with Gasteiger partial charge in [0.15, 0.2) is 0 Å². The van der Waals surface area contributed by atoms with Crippen molar-refractivity contribution in [2.45, 2.75) is 6.92 Å². The molecule has 0 unspecified atom stereocenters. The van der Waals surface area contributed by atoms with E-state index >= 15 is 0 Å². The van der Waals surface area contributed by atoms with Crippen LogP contribution in [-0.4, -0.2) is 45.1 Å². The standard InChI is InChI=1S/C22H18IN5O2/c1-13-19(21-27-26-20(30-21)16-6-4-5-7-17(16)23)25-18(12-24-13)14-8-10-15(11-9-14)22(29)28(2)3/h4-12H,1-3H3. The van der Waals surface area contributed by atoms with Crippen LogP contribution < -0.4 is 0 Å². The smallest absolute Gasteiger partial charge is 0.268 e. The van der Waals surface area contributed by atoms with Gasteiger partial charge in [-0.2, -0.15) is 0 Å². The van der Waals surface area contributed by atoms with Gasteiger partial charge in [-0.25, -0.2) is 4.98 Å². The summed E-state index contributed by atoms with van der Waals surface area (Å²) in [6, 6.07) is 15.1. The van der Waals surface area contributed by atoms with Gasteiger partial charge < -0.3 is 9.32 Å². The number of hydrogen-bond donors (Lipinski definition) is 0. The highest BCUT2D eigenvalue weighted by atomic mass is 127. The molecule has 2 aromatic carbocycles. The molecule has 0 aliphatic rings. The van der Waals surface area contributed by atoms with E-state index in [1.54, 1.807) is 37.3 Å². The second-order valence-electron chi connectivity index (χ2n) is 6.86. The van der Waals surface area contributed by atoms with Crippen LogP contribution in [0.1, 0.15) is 16.1 Å². The van der Waals surface area contributed by atoms with Crippen LogP contribution in [0.4, 0.5) is 0 Å². The highest BCUT2D eigenvalue weighted by Gasteiger charge is 2.17. The number of aryl methyl sites for hydroxylation is 1. The maximum Gasteiger partial charge on any atom is 0.268 e. The Morgan fingerprint density at radius 1 is 1.00 bits per heavy atom. The first-order valence-corrected chi connectivity index (χ1v) is 10.3. The lowest BCUT2D eigenvalue weighted by Crippen LogP contribution is -2.21. The number of hydrogen-bond acceptors (Lipinski definition) is 6. The summed E-state index contributed by atoms with van der Waals surface area (Å²) >= 11 is 2.24. The van der Waals surface area contributed by atoms with E-state index in [-0.39, 0.29) is 5.91 Å². The van der Waals surface area contributed by atoms with Crippen molar-refractivity contribution in [2.75, 3.05) is 14.1 Å². The van der Waals surface area contributed by atoms with E-state index in [0.717, 1.165) is 14.7 Å². The van der Waals surface area contributed by atoms with Gasteiger partial charge in [0.1, 0.15) is 5.69 Å². The first-order valence-electron chi connectivity index (χ1n) is 9.18. The second-order valence-corrected chi connectivity index (χ2v) is 8.02. The van der Waals surface area contributed by atoms with Crippen molar-refractivity contribution in [3.8, 4) is 34.3 Å². The zero-order valence-electron chi connectivity index (χ0n) is 16.6. The van der Waals surface area contributed by atoms with Gasteiger partial charge in [-0.15, -0.1) is 10.2 Å². The van der Waals surface area contributed by atoms with Gasteiger partial charge in [-0.3, -0.25) is 9.78 Å². The van der Waals surface area contributed by atoms with Gasteiger partial charge in [0.2, 0.25) is 5.89 Å². The Morgan fingerprint density at radius 2 is 1.70 bits per heavy atom. The first-order chi connectivity index (χ1) is 14.4. The molecule has 0 atom stereocenters. The van der Waals surface area contributed by atoms with Crippen molar-refractivity contribution < 1.29 is 9.21 Å². The lowest BCUT2D eigenvalue weighted by atomic mass is 10.1. The van der Waals surface area contributed by atoms with Gasteiger partial charge in [0.25, 0.3) is 11.8 Å². The Morgan fingerprint density at radius 3 is 2.40 bits per heavy atom. The molecule has 1 amide bonds. The third kappa shape index (κ3) is 3.95. The van der Waals surface area contributed by atoms with E-state index in [4.69, 9.17) is 9.40 Å². The molecule has 0 spiro atoms. The van der Waals surface area contributed by atoms with Crippen LogP contribution >= 0.6 is 22.6 Å². The quantitative estimate of drug-likeness (QED) is 0.376. The normalized spacial score (nSPS) is 10.8. The van der Waals surface area contributed by atoms with Gasteiger partial charge in [0, 0.05) is 28.8 Å². The first kappa shape index (κ1) is 20.1. The van der Waals surface area contributed by atoms with E-state index in [1.807, 2.05) is 43.3 Å². The molecule has 2 aromatic heterocycles. The van der Waals surface area contributed by atoms with Crippen LogP contribution in [-0.2, 0) is 0 Å². The number of aromatic nitrogens is 4. The average Bonchev–Trinajstić information content (AvgIpc) is 3.23. The Labute approximate surface area is 187 Å². The van der Waals surface area contributed by atoms with Gasteiger partial charge in [0.05, 0.1) is 23.1 Å². The molecule has 7 nitrogen and oxygen atoms in total. The fraction of sp³-hybridized carbons (Fsp3) is 0.136. The number of rotatable bonds is 4. The molecule has 0 bridgehead atoms. The Kier molecular flexibility index (Phi) is 5.58. The van der Waals surface area contributed by atoms with Gasteiger partial charge in [-0.05, 0) is 53.8 Å². The maximum absolute atomic E-state index is 12.1. The average molecular weight is 511 g/mol. The summed E-state index contributed by atoms with van der Waals surface area (Å²) < 4.78 is 6.93. The highest BCUT2D eigenvalue weighted by molar-refractivity contribution is 14.1. The minimum atomic E-state index is -0.0498. The number of nitrogens with zero attached hydrogens (tertiary/aromatic N) is 5. The van der Waals surface area contributed by atoms with Crippen molar-refractivity contribution in [1.29, 1.82) is 0 Å². The molecule has 4 aromatic rings. The predicted octanol–water partition coefficient (Wildman–Crippen LogP) is 4.48. The van der Waals surface area contributed by atoms with Crippen LogP contribution in [0.25, 0.3) is 34.3 Å². The fourth-order valence-electron chi connectivity index (χ4n) is 2.90. The molecule has 2 heterocycles. The number of carbonyl (C=O) groups is 1. The van der Waals surface area contributed by atoms with Crippen LogP contribution in [0.5, 0.6) is 0 Å². The van der Waals surface area contributed by atoms with E-state index < -0.39 is 0 Å². The third-order valence-electron chi connectivity index (χ3n) is 4.52. The van der Waals surface area contributed by atoms with Crippen molar-refractivity contribution in [3.63, 3.8) is 0 Å². The van der Waals surface area contributed by atoms with Crippen molar-refractivity contribution >= 4 is 28.5 Å². The Bertz CT molecular complexity index is 1220. The Balaban J connectivity index is 1.68. The number of amides is 1. The van der Waals surface area contributed by atoms with E-state index in [9.17, 15) is 4.79 Å². The van der Waals surface area contributed by atoms with E-state index in [2.05, 4.69) is 37.8 Å². The van der Waals surface area contributed by atoms with Crippen LogP contribution in [0, 0.1) is 10.5 Å². The van der Waals surface area contributed by atoms with Crippen molar-refractivity contribution in [3.05, 3.63) is 69.6 Å². The topological polar surface area (TPSA) is 85.0 Å². The monoisotopic (exact) mass is 511 g/mol. The van der Waals surface area contributed by atoms with Crippen molar-refractivity contribution in [2.24, 2.45) is 0 Å². The molecular weight excluding hydrogens is 493 g/mol. The molecule has 150 valence electrons. The maximum atomic E-state index is 12.1. The molecule has 0 aliphatic carbocycles. The summed E-state index contributed by atoms with van der Waals surface area (Å²) in [5, 5.41) is 8.37. The molecular formula is C22H18IN5O2. The van der Waals surface area contributed by atoms with Crippen molar-refractivity contribution in [1.82, 2.24) is 25.1 Å². The largest absolute Gasteiger partial charge is 0.414 e. The molecule has 0 N–H and O–H groups in total. The molecule has 0 saturated carbocycles. The third-order valence-corrected chi connectivity index (χ3v) is 5.46. The summed E-state index contributed by atoms with van der Waals surface area (Å²) in [7, 11) is 3.45. The summed E-state index contributed by atoms with van der Waals surface area (Å²) in [6.45, 7) is 1.85. The summed E-state index contributed by atoms with van der Waals surface area (Å²) in [6.07, 6.45) is 1.69. The van der Waals surface area contributed by atoms with E-state index in [0.29, 0.717) is 34.4 Å². The van der Waals surface area contributed by atoms with E-state index in [1.165, 1.54) is 0 Å². The van der Waals surface area contributed by atoms with Gasteiger partial charge in [-0.1, -0.05) is 24.3 Å². The SMILES string of the molecule is Cc1ncc(-c2ccc(C(=O)N(C)C)cc2)nc1-c1nnc(-c2ccccc2I)o1. The molecule has 30 heavy (non-hydrogen) atoms. The molecule has 8 heteroatoms. The minimum absolute atomic E-state index is 0.0498. The number of benzene rings is 2. The van der Waals surface area contributed by atoms with Crippen LogP contribution in [0.15, 0.2) is 59.1 Å². The number of halogens is 1.